The summed E-state index contributed by atoms with van der Waals surface area (Å²) >= 11 is 0. The topological polar surface area (TPSA) is 131 Å². The Morgan fingerprint density at radius 3 is 2.48 bits per heavy atom. The maximum atomic E-state index is 13.7. The van der Waals surface area contributed by atoms with Gasteiger partial charge in [0.05, 0.1) is 17.2 Å². The number of nitrogens with two attached hydrogens (primary N) is 1. The summed E-state index contributed by atoms with van der Waals surface area (Å²) in [5, 5.41) is 16.3. The summed E-state index contributed by atoms with van der Waals surface area (Å²) in [6.45, 7) is 0.357. The Morgan fingerprint density at radius 1 is 1.17 bits per heavy atom. The van der Waals surface area contributed by atoms with Gasteiger partial charge in [0.15, 0.2) is 0 Å². The van der Waals surface area contributed by atoms with Crippen molar-refractivity contribution in [3.8, 4) is 5.69 Å². The molecule has 1 aliphatic heterocycles. The van der Waals surface area contributed by atoms with Crippen LogP contribution in [0.1, 0.15) is 10.4 Å². The number of carbonyl (C=O) groups is 3. The van der Waals surface area contributed by atoms with E-state index in [0.717, 1.165) is 6.07 Å². The Kier molecular flexibility index (Phi) is 4.38. The van der Waals surface area contributed by atoms with E-state index in [1.165, 1.54) is 15.6 Å². The van der Waals surface area contributed by atoms with Crippen LogP contribution < -0.4 is 11.1 Å². The highest BCUT2D eigenvalue weighted by Crippen LogP contribution is 2.23. The molecule has 1 fully saturated rings. The number of aromatic nitrogens is 2. The quantitative estimate of drug-likeness (QED) is 0.618. The Labute approximate surface area is 163 Å². The van der Waals surface area contributed by atoms with Gasteiger partial charge in [0, 0.05) is 30.4 Å². The zero-order valence-corrected chi connectivity index (χ0v) is 15.0. The number of anilines is 1. The monoisotopic (exact) mass is 397 g/mol. The molecular weight excluding hydrogens is 381 g/mol. The molecule has 1 aromatic heterocycles. The lowest BCUT2D eigenvalue weighted by atomic mass is 10.00. The molecule has 0 aliphatic carbocycles. The Hall–Kier alpha value is -3.95. The number of carboxylic acid groups (broad SMARTS) is 1. The number of benzene rings is 2. The van der Waals surface area contributed by atoms with Crippen LogP contribution in [0.3, 0.4) is 0 Å². The van der Waals surface area contributed by atoms with Crippen LogP contribution in [0.15, 0.2) is 42.6 Å². The van der Waals surface area contributed by atoms with Crippen molar-refractivity contribution in [3.63, 3.8) is 0 Å². The van der Waals surface area contributed by atoms with Gasteiger partial charge in [-0.3, -0.25) is 9.59 Å². The second kappa shape index (κ2) is 6.89. The minimum atomic E-state index is -1.04. The number of rotatable bonds is 4. The van der Waals surface area contributed by atoms with Crippen LogP contribution in [-0.2, 0) is 4.79 Å². The van der Waals surface area contributed by atoms with Gasteiger partial charge in [-0.2, -0.15) is 5.10 Å². The van der Waals surface area contributed by atoms with Gasteiger partial charge in [0.2, 0.25) is 5.91 Å². The average molecular weight is 397 g/mol. The summed E-state index contributed by atoms with van der Waals surface area (Å²) in [5.74, 6) is -1.97. The highest BCUT2D eigenvalue weighted by atomic mass is 19.1. The number of nitrogens with zero attached hydrogens (tertiary/aromatic N) is 3. The fourth-order valence-corrected chi connectivity index (χ4v) is 3.16. The van der Waals surface area contributed by atoms with Gasteiger partial charge in [-0.05, 0) is 36.4 Å². The van der Waals surface area contributed by atoms with E-state index in [4.69, 9.17) is 10.8 Å². The van der Waals surface area contributed by atoms with Crippen LogP contribution in [0, 0.1) is 11.7 Å². The molecule has 0 saturated carbocycles. The summed E-state index contributed by atoms with van der Waals surface area (Å²) in [7, 11) is 0. The molecule has 3 aromatic rings. The third-order valence-electron chi connectivity index (χ3n) is 4.76. The molecule has 0 bridgehead atoms. The van der Waals surface area contributed by atoms with Gasteiger partial charge in [-0.25, -0.2) is 13.9 Å². The zero-order chi connectivity index (χ0) is 20.7. The molecule has 4 N–H and O–H groups in total. The van der Waals surface area contributed by atoms with Crippen molar-refractivity contribution >= 4 is 34.5 Å². The van der Waals surface area contributed by atoms with Crippen molar-refractivity contribution in [2.75, 3.05) is 18.4 Å². The lowest BCUT2D eigenvalue weighted by Crippen LogP contribution is -2.53. The molecule has 1 aliphatic rings. The van der Waals surface area contributed by atoms with Crippen LogP contribution in [0.5, 0.6) is 0 Å². The molecule has 2 heterocycles. The van der Waals surface area contributed by atoms with E-state index < -0.39 is 17.8 Å². The molecule has 0 unspecified atom stereocenters. The Balaban J connectivity index is 1.51. The number of halogens is 1. The first-order chi connectivity index (χ1) is 13.8. The first-order valence-electron chi connectivity index (χ1n) is 8.70. The van der Waals surface area contributed by atoms with E-state index in [-0.39, 0.29) is 30.5 Å². The maximum absolute atomic E-state index is 13.7. The van der Waals surface area contributed by atoms with E-state index in [1.54, 1.807) is 30.5 Å². The summed E-state index contributed by atoms with van der Waals surface area (Å²) in [6.07, 6.45) is 0.539. The molecule has 2 aromatic carbocycles. The number of primary amides is 1. The predicted octanol–water partition coefficient (Wildman–Crippen LogP) is 1.81. The SMILES string of the molecule is NC(=O)c1cc(F)cc2cn(-c3ccc(NC(=O)C4CN(C(=O)O)C4)cc3)nc12. The van der Waals surface area contributed by atoms with Crippen LogP contribution in [0.4, 0.5) is 14.9 Å². The van der Waals surface area contributed by atoms with Gasteiger partial charge in [-0.1, -0.05) is 0 Å². The van der Waals surface area contributed by atoms with Gasteiger partial charge < -0.3 is 21.1 Å². The van der Waals surface area contributed by atoms with E-state index in [1.807, 2.05) is 0 Å². The molecule has 148 valence electrons. The maximum Gasteiger partial charge on any atom is 0.407 e. The minimum Gasteiger partial charge on any atom is -0.465 e. The molecule has 3 amide bonds. The van der Waals surface area contributed by atoms with Gasteiger partial charge in [0.25, 0.3) is 5.91 Å². The molecular formula is C19H16FN5O4. The van der Waals surface area contributed by atoms with E-state index in [2.05, 4.69) is 10.4 Å². The first-order valence-corrected chi connectivity index (χ1v) is 8.70. The first kappa shape index (κ1) is 18.4. The number of amides is 3. The van der Waals surface area contributed by atoms with E-state index >= 15 is 0 Å². The van der Waals surface area contributed by atoms with Crippen molar-refractivity contribution in [1.82, 2.24) is 14.7 Å². The van der Waals surface area contributed by atoms with Gasteiger partial charge in [0.1, 0.15) is 11.3 Å². The summed E-state index contributed by atoms with van der Waals surface area (Å²) in [6, 6.07) is 9.05. The number of hydrogen-bond donors (Lipinski definition) is 3. The molecule has 29 heavy (non-hydrogen) atoms. The number of carbonyl (C=O) groups excluding carboxylic acids is 2. The fraction of sp³-hybridized carbons (Fsp3) is 0.158. The lowest BCUT2D eigenvalue weighted by molar-refractivity contribution is -0.123. The summed E-state index contributed by atoms with van der Waals surface area (Å²) in [4.78, 5) is 35.6. The van der Waals surface area contributed by atoms with Gasteiger partial charge in [-0.15, -0.1) is 0 Å². The molecule has 0 radical (unpaired) electrons. The minimum absolute atomic E-state index is 0.00135. The molecule has 1 saturated heterocycles. The normalized spacial score (nSPS) is 13.9. The molecule has 0 atom stereocenters. The third kappa shape index (κ3) is 3.47. The Bertz CT molecular complexity index is 1140. The largest absolute Gasteiger partial charge is 0.465 e. The van der Waals surface area contributed by atoms with Crippen LogP contribution in [0.2, 0.25) is 0 Å². The summed E-state index contributed by atoms with van der Waals surface area (Å²) < 4.78 is 15.2. The molecule has 4 rings (SSSR count). The van der Waals surface area contributed by atoms with E-state index in [0.29, 0.717) is 22.3 Å². The molecule has 10 heteroatoms. The molecule has 9 nitrogen and oxygen atoms in total. The number of likely N-dealkylation sites (tertiary alicyclic amines) is 1. The third-order valence-corrected chi connectivity index (χ3v) is 4.76. The van der Waals surface area contributed by atoms with Crippen molar-refractivity contribution < 1.29 is 23.9 Å². The van der Waals surface area contributed by atoms with E-state index in [9.17, 15) is 18.8 Å². The number of fused-ring (bicyclic) bond motifs is 1. The molecule has 0 spiro atoms. The van der Waals surface area contributed by atoms with Crippen molar-refractivity contribution in [1.29, 1.82) is 0 Å². The second-order valence-electron chi connectivity index (χ2n) is 6.75. The van der Waals surface area contributed by atoms with Crippen molar-refractivity contribution in [3.05, 3.63) is 54.0 Å². The fourth-order valence-electron chi connectivity index (χ4n) is 3.16. The number of hydrogen-bond acceptors (Lipinski definition) is 4. The lowest BCUT2D eigenvalue weighted by Gasteiger charge is -2.35. The zero-order valence-electron chi connectivity index (χ0n) is 15.0. The van der Waals surface area contributed by atoms with Crippen LogP contribution >= 0.6 is 0 Å². The van der Waals surface area contributed by atoms with Crippen LogP contribution in [0.25, 0.3) is 16.6 Å². The highest BCUT2D eigenvalue weighted by Gasteiger charge is 2.35. The predicted molar refractivity (Wildman–Crippen MR) is 101 cm³/mol. The second-order valence-corrected chi connectivity index (χ2v) is 6.75. The number of nitrogens with one attached hydrogen (secondary N) is 1. The van der Waals surface area contributed by atoms with Crippen molar-refractivity contribution in [2.45, 2.75) is 0 Å². The van der Waals surface area contributed by atoms with Crippen molar-refractivity contribution in [2.24, 2.45) is 11.7 Å². The summed E-state index contributed by atoms with van der Waals surface area (Å²) in [5.41, 5.74) is 6.78. The highest BCUT2D eigenvalue weighted by molar-refractivity contribution is 6.04. The van der Waals surface area contributed by atoms with Gasteiger partial charge >= 0.3 is 6.09 Å². The Morgan fingerprint density at radius 2 is 1.86 bits per heavy atom. The average Bonchev–Trinajstić information content (AvgIpc) is 3.03. The smallest absolute Gasteiger partial charge is 0.407 e. The van der Waals surface area contributed by atoms with Crippen LogP contribution in [-0.4, -0.2) is 50.8 Å². The standard InChI is InChI=1S/C19H16FN5O4/c20-12-5-10-9-25(23-16(10)15(6-12)17(21)26)14-3-1-13(2-4-14)22-18(27)11-7-24(8-11)19(28)29/h1-6,9,11H,7-8H2,(H2,21,26)(H,22,27)(H,28,29).